The van der Waals surface area contributed by atoms with E-state index in [9.17, 15) is 0 Å². The van der Waals surface area contributed by atoms with Crippen LogP contribution in [-0.4, -0.2) is 78.9 Å². The standard InChI is InChI=1S/C23H37N7/c1-19-17-20(2)30(27-19)22-10-6-5-9-21(22)18-26-23(24-3)25-11-7-13-29-14-8-12-28(4)15-16-29/h5-6,9-10,17H,7-8,11-16,18H2,1-4H3,(H2,24,25,26). The first kappa shape index (κ1) is 22.3. The van der Waals surface area contributed by atoms with Crippen LogP contribution in [0.15, 0.2) is 35.3 Å². The highest BCUT2D eigenvalue weighted by Crippen LogP contribution is 2.16. The molecule has 0 unspecified atom stereocenters. The van der Waals surface area contributed by atoms with Crippen LogP contribution in [0.4, 0.5) is 0 Å². The Labute approximate surface area is 181 Å². The van der Waals surface area contributed by atoms with E-state index in [1.165, 1.54) is 38.2 Å². The van der Waals surface area contributed by atoms with E-state index in [1.807, 2.05) is 18.7 Å². The summed E-state index contributed by atoms with van der Waals surface area (Å²) in [5.74, 6) is 0.841. The summed E-state index contributed by atoms with van der Waals surface area (Å²) in [5, 5.41) is 11.6. The smallest absolute Gasteiger partial charge is 0.191 e. The third-order valence-electron chi connectivity index (χ3n) is 5.65. The van der Waals surface area contributed by atoms with Crippen molar-refractivity contribution in [1.29, 1.82) is 0 Å². The average molecular weight is 412 g/mol. The van der Waals surface area contributed by atoms with Crippen LogP contribution in [0.5, 0.6) is 0 Å². The van der Waals surface area contributed by atoms with E-state index in [2.05, 4.69) is 74.8 Å². The molecule has 30 heavy (non-hydrogen) atoms. The van der Waals surface area contributed by atoms with Gasteiger partial charge in [-0.15, -0.1) is 0 Å². The zero-order valence-electron chi connectivity index (χ0n) is 19.0. The molecule has 1 aromatic carbocycles. The second-order valence-corrected chi connectivity index (χ2v) is 8.17. The normalized spacial score (nSPS) is 16.5. The van der Waals surface area contributed by atoms with Crippen LogP contribution in [0, 0.1) is 13.8 Å². The molecule has 0 spiro atoms. The predicted octanol–water partition coefficient (Wildman–Crippen LogP) is 2.18. The molecule has 7 nitrogen and oxygen atoms in total. The summed E-state index contributed by atoms with van der Waals surface area (Å²) < 4.78 is 2.02. The molecule has 0 saturated carbocycles. The fraction of sp³-hybridized carbons (Fsp3) is 0.565. The Kier molecular flexibility index (Phi) is 8.28. The molecule has 0 aliphatic carbocycles. The third kappa shape index (κ3) is 6.31. The Hall–Kier alpha value is -2.38. The maximum absolute atomic E-state index is 4.64. The lowest BCUT2D eigenvalue weighted by Gasteiger charge is -2.20. The predicted molar refractivity (Wildman–Crippen MR) is 124 cm³/mol. The number of hydrogen-bond acceptors (Lipinski definition) is 4. The first-order valence-electron chi connectivity index (χ1n) is 11.0. The van der Waals surface area contributed by atoms with Crippen LogP contribution < -0.4 is 10.6 Å². The van der Waals surface area contributed by atoms with Crippen LogP contribution in [0.25, 0.3) is 5.69 Å². The maximum atomic E-state index is 4.64. The summed E-state index contributed by atoms with van der Waals surface area (Å²) in [6.07, 6.45) is 2.38. The van der Waals surface area contributed by atoms with E-state index in [1.54, 1.807) is 0 Å². The van der Waals surface area contributed by atoms with Gasteiger partial charge in [0.2, 0.25) is 0 Å². The number of aromatic nitrogens is 2. The van der Waals surface area contributed by atoms with Gasteiger partial charge in [0.1, 0.15) is 0 Å². The molecular formula is C23H37N7. The summed E-state index contributed by atoms with van der Waals surface area (Å²) in [7, 11) is 4.04. The van der Waals surface area contributed by atoms with Gasteiger partial charge >= 0.3 is 0 Å². The molecule has 2 aromatic rings. The number of nitrogens with one attached hydrogen (secondary N) is 2. The molecule has 1 aliphatic rings. The van der Waals surface area contributed by atoms with Crippen molar-refractivity contribution in [3.05, 3.63) is 47.3 Å². The fourth-order valence-corrected chi connectivity index (χ4v) is 3.97. The van der Waals surface area contributed by atoms with Gasteiger partial charge in [-0.1, -0.05) is 18.2 Å². The Morgan fingerprint density at radius 3 is 2.70 bits per heavy atom. The highest BCUT2D eigenvalue weighted by molar-refractivity contribution is 5.79. The number of nitrogens with zero attached hydrogens (tertiary/aromatic N) is 5. The van der Waals surface area contributed by atoms with E-state index >= 15 is 0 Å². The first-order chi connectivity index (χ1) is 14.6. The number of benzene rings is 1. The number of aliphatic imine (C=N–C) groups is 1. The zero-order chi connectivity index (χ0) is 21.3. The van der Waals surface area contributed by atoms with E-state index in [0.717, 1.165) is 42.5 Å². The quantitative estimate of drug-likeness (QED) is 0.415. The fourth-order valence-electron chi connectivity index (χ4n) is 3.97. The summed E-state index contributed by atoms with van der Waals surface area (Å²) >= 11 is 0. The largest absolute Gasteiger partial charge is 0.356 e. The van der Waals surface area contributed by atoms with E-state index in [-0.39, 0.29) is 0 Å². The van der Waals surface area contributed by atoms with Crippen LogP contribution in [-0.2, 0) is 6.54 Å². The van der Waals surface area contributed by atoms with Gasteiger partial charge in [0.15, 0.2) is 5.96 Å². The molecule has 0 amide bonds. The van der Waals surface area contributed by atoms with Crippen LogP contribution in [0.2, 0.25) is 0 Å². The van der Waals surface area contributed by atoms with Crippen LogP contribution in [0.1, 0.15) is 29.8 Å². The van der Waals surface area contributed by atoms with Gasteiger partial charge in [0.25, 0.3) is 0 Å². The zero-order valence-corrected chi connectivity index (χ0v) is 19.0. The third-order valence-corrected chi connectivity index (χ3v) is 5.65. The molecule has 0 radical (unpaired) electrons. The number of likely N-dealkylation sites (N-methyl/N-ethyl adjacent to an activating group) is 1. The molecule has 0 bridgehead atoms. The first-order valence-corrected chi connectivity index (χ1v) is 11.0. The van der Waals surface area contributed by atoms with Crippen molar-refractivity contribution in [2.75, 3.05) is 53.4 Å². The minimum Gasteiger partial charge on any atom is -0.356 e. The Bertz CT molecular complexity index is 827. The van der Waals surface area contributed by atoms with E-state index < -0.39 is 0 Å². The maximum Gasteiger partial charge on any atom is 0.191 e. The van der Waals surface area contributed by atoms with Crippen molar-refractivity contribution in [1.82, 2.24) is 30.2 Å². The van der Waals surface area contributed by atoms with Crippen molar-refractivity contribution in [2.45, 2.75) is 33.2 Å². The molecule has 164 valence electrons. The molecule has 2 heterocycles. The lowest BCUT2D eigenvalue weighted by molar-refractivity contribution is 0.274. The Balaban J connectivity index is 1.47. The second-order valence-electron chi connectivity index (χ2n) is 8.17. The van der Waals surface area contributed by atoms with Gasteiger partial charge < -0.3 is 20.4 Å². The van der Waals surface area contributed by atoms with E-state index in [4.69, 9.17) is 0 Å². The molecule has 1 aromatic heterocycles. The van der Waals surface area contributed by atoms with Gasteiger partial charge in [-0.2, -0.15) is 5.10 Å². The molecule has 3 rings (SSSR count). The Morgan fingerprint density at radius 2 is 1.93 bits per heavy atom. The molecule has 2 N–H and O–H groups in total. The minimum absolute atomic E-state index is 0.701. The van der Waals surface area contributed by atoms with Crippen molar-refractivity contribution < 1.29 is 0 Å². The minimum atomic E-state index is 0.701. The van der Waals surface area contributed by atoms with Crippen molar-refractivity contribution in [3.63, 3.8) is 0 Å². The van der Waals surface area contributed by atoms with E-state index in [0.29, 0.717) is 6.54 Å². The van der Waals surface area contributed by atoms with Gasteiger partial charge in [0, 0.05) is 38.9 Å². The van der Waals surface area contributed by atoms with Crippen molar-refractivity contribution in [2.24, 2.45) is 4.99 Å². The summed E-state index contributed by atoms with van der Waals surface area (Å²) in [5.41, 5.74) is 4.48. The average Bonchev–Trinajstić information content (AvgIpc) is 2.94. The second kappa shape index (κ2) is 11.1. The number of rotatable bonds is 7. The highest BCUT2D eigenvalue weighted by atomic mass is 15.3. The summed E-state index contributed by atoms with van der Waals surface area (Å²) in [6, 6.07) is 10.5. The van der Waals surface area contributed by atoms with Crippen LogP contribution in [0.3, 0.4) is 0 Å². The number of para-hydroxylation sites is 1. The monoisotopic (exact) mass is 411 g/mol. The number of hydrogen-bond donors (Lipinski definition) is 2. The van der Waals surface area contributed by atoms with Crippen molar-refractivity contribution in [3.8, 4) is 5.69 Å². The van der Waals surface area contributed by atoms with Gasteiger partial charge in [-0.3, -0.25) is 4.99 Å². The van der Waals surface area contributed by atoms with Gasteiger partial charge in [0.05, 0.1) is 11.4 Å². The topological polar surface area (TPSA) is 60.7 Å². The molecule has 7 heteroatoms. The van der Waals surface area contributed by atoms with Gasteiger partial charge in [-0.05, 0) is 71.1 Å². The number of guanidine groups is 1. The number of aryl methyl sites for hydroxylation is 2. The molecule has 1 fully saturated rings. The molecule has 1 saturated heterocycles. The molecule has 1 aliphatic heterocycles. The lowest BCUT2D eigenvalue weighted by atomic mass is 10.1. The summed E-state index contributed by atoms with van der Waals surface area (Å²) in [6.45, 7) is 11.6. The van der Waals surface area contributed by atoms with Crippen molar-refractivity contribution >= 4 is 5.96 Å². The van der Waals surface area contributed by atoms with Crippen LogP contribution >= 0.6 is 0 Å². The SMILES string of the molecule is CN=C(NCCCN1CCCN(C)CC1)NCc1ccccc1-n1nc(C)cc1C. The molecular weight excluding hydrogens is 374 g/mol. The highest BCUT2D eigenvalue weighted by Gasteiger charge is 2.12. The Morgan fingerprint density at radius 1 is 1.10 bits per heavy atom. The lowest BCUT2D eigenvalue weighted by Crippen LogP contribution is -2.39. The molecule has 0 atom stereocenters. The van der Waals surface area contributed by atoms with Gasteiger partial charge in [-0.25, -0.2) is 4.68 Å². The summed E-state index contributed by atoms with van der Waals surface area (Å²) in [4.78, 5) is 9.39.